The molecule has 1 aliphatic carbocycles. The van der Waals surface area contributed by atoms with E-state index in [0.29, 0.717) is 17.2 Å². The van der Waals surface area contributed by atoms with Gasteiger partial charge >= 0.3 is 6.18 Å². The summed E-state index contributed by atoms with van der Waals surface area (Å²) in [6, 6.07) is 3.98. The minimum absolute atomic E-state index is 0.193. The van der Waals surface area contributed by atoms with Gasteiger partial charge in [-0.15, -0.1) is 0 Å². The second-order valence-corrected chi connectivity index (χ2v) is 9.56. The topological polar surface area (TPSA) is 91.2 Å². The highest BCUT2D eigenvalue weighted by atomic mass is 32.2. The van der Waals surface area contributed by atoms with E-state index in [1.54, 1.807) is 0 Å². The van der Waals surface area contributed by atoms with Crippen LogP contribution in [0.15, 0.2) is 46.3 Å². The quantitative estimate of drug-likeness (QED) is 0.568. The third-order valence-electron chi connectivity index (χ3n) is 5.02. The molecule has 4 rings (SSSR count). The summed E-state index contributed by atoms with van der Waals surface area (Å²) in [6.45, 7) is 1.87. The summed E-state index contributed by atoms with van der Waals surface area (Å²) in [4.78, 5) is 16.8. The Morgan fingerprint density at radius 2 is 1.94 bits per heavy atom. The van der Waals surface area contributed by atoms with E-state index in [-0.39, 0.29) is 33.0 Å². The van der Waals surface area contributed by atoms with Gasteiger partial charge in [0.05, 0.1) is 35.7 Å². The van der Waals surface area contributed by atoms with Crippen molar-refractivity contribution in [1.29, 1.82) is 0 Å². The Balaban J connectivity index is 1.87. The van der Waals surface area contributed by atoms with Gasteiger partial charge in [0.15, 0.2) is 15.7 Å². The largest absolute Gasteiger partial charge is 0.492 e. The Morgan fingerprint density at radius 1 is 1.19 bits per heavy atom. The molecule has 0 spiro atoms. The molecule has 7 nitrogen and oxygen atoms in total. The lowest BCUT2D eigenvalue weighted by atomic mass is 10.1. The van der Waals surface area contributed by atoms with E-state index in [9.17, 15) is 26.4 Å². The number of sulfone groups is 1. The molecule has 0 bridgehead atoms. The molecule has 1 aromatic carbocycles. The fourth-order valence-electron chi connectivity index (χ4n) is 3.01. The smallest absolute Gasteiger partial charge is 0.416 e. The normalized spacial score (nSPS) is 14.7. The molecule has 164 valence electrons. The molecule has 0 unspecified atom stereocenters. The van der Waals surface area contributed by atoms with Crippen LogP contribution in [-0.4, -0.2) is 35.5 Å². The number of halogens is 3. The van der Waals surface area contributed by atoms with Crippen molar-refractivity contribution in [2.45, 2.75) is 30.8 Å². The summed E-state index contributed by atoms with van der Waals surface area (Å²) in [6.07, 6.45) is -0.0800. The van der Waals surface area contributed by atoms with Crippen molar-refractivity contribution in [3.63, 3.8) is 0 Å². The molecule has 2 aromatic heterocycles. The van der Waals surface area contributed by atoms with Crippen LogP contribution in [0, 0.1) is 5.92 Å². The fourth-order valence-corrected chi connectivity index (χ4v) is 4.03. The van der Waals surface area contributed by atoms with Gasteiger partial charge in [-0.1, -0.05) is 13.0 Å². The van der Waals surface area contributed by atoms with Crippen LogP contribution in [-0.2, 0) is 16.0 Å². The van der Waals surface area contributed by atoms with E-state index in [1.165, 1.54) is 25.4 Å². The van der Waals surface area contributed by atoms with Crippen LogP contribution in [0.25, 0.3) is 16.6 Å². The molecular formula is C20H18F3N3O4S. The van der Waals surface area contributed by atoms with Crippen LogP contribution in [0.3, 0.4) is 0 Å². The van der Waals surface area contributed by atoms with Gasteiger partial charge in [0.1, 0.15) is 10.6 Å². The number of nitrogens with zero attached hydrogens (tertiary/aromatic N) is 3. The summed E-state index contributed by atoms with van der Waals surface area (Å²) in [5, 5.41) is 3.89. The molecule has 0 aliphatic heterocycles. The molecule has 0 saturated heterocycles. The average Bonchev–Trinajstić information content (AvgIpc) is 3.56. The molecule has 11 heteroatoms. The third-order valence-corrected chi connectivity index (χ3v) is 6.75. The molecule has 31 heavy (non-hydrogen) atoms. The van der Waals surface area contributed by atoms with Gasteiger partial charge in [0, 0.05) is 11.5 Å². The minimum atomic E-state index is -4.63. The zero-order chi connectivity index (χ0) is 22.4. The zero-order valence-electron chi connectivity index (χ0n) is 16.4. The number of alkyl halides is 3. The predicted octanol–water partition coefficient (Wildman–Crippen LogP) is 3.38. The zero-order valence-corrected chi connectivity index (χ0v) is 17.2. The van der Waals surface area contributed by atoms with Gasteiger partial charge in [-0.25, -0.2) is 13.4 Å². The Bertz CT molecular complexity index is 1320. The molecule has 0 radical (unpaired) electrons. The Labute approximate surface area is 175 Å². The predicted molar refractivity (Wildman–Crippen MR) is 106 cm³/mol. The molecular weight excluding hydrogens is 435 g/mol. The number of aromatic nitrogens is 3. The van der Waals surface area contributed by atoms with Gasteiger partial charge in [-0.3, -0.25) is 4.79 Å². The summed E-state index contributed by atoms with van der Waals surface area (Å²) < 4.78 is 70.9. The second kappa shape index (κ2) is 7.63. The van der Waals surface area contributed by atoms with Crippen molar-refractivity contribution in [2.75, 3.05) is 12.4 Å². The lowest BCUT2D eigenvalue weighted by molar-refractivity contribution is -0.137. The van der Waals surface area contributed by atoms with Crippen molar-refractivity contribution < 1.29 is 26.3 Å². The first kappa shape index (κ1) is 21.3. The van der Waals surface area contributed by atoms with Crippen molar-refractivity contribution in [2.24, 2.45) is 5.92 Å². The summed E-state index contributed by atoms with van der Waals surface area (Å²) in [5.74, 6) is 0.105. The molecule has 0 amide bonds. The van der Waals surface area contributed by atoms with E-state index < -0.39 is 27.1 Å². The van der Waals surface area contributed by atoms with E-state index in [1.807, 2.05) is 0 Å². The molecule has 1 fully saturated rings. The lowest BCUT2D eigenvalue weighted by Gasteiger charge is -2.13. The first-order valence-electron chi connectivity index (χ1n) is 9.55. The first-order valence-corrected chi connectivity index (χ1v) is 11.2. The number of rotatable bonds is 6. The number of fused-ring (bicyclic) bond motifs is 1. The summed E-state index contributed by atoms with van der Waals surface area (Å²) >= 11 is 0. The Morgan fingerprint density at radius 3 is 2.58 bits per heavy atom. The second-order valence-electron chi connectivity index (χ2n) is 7.31. The van der Waals surface area contributed by atoms with Gasteiger partial charge < -0.3 is 4.74 Å². The van der Waals surface area contributed by atoms with E-state index in [0.717, 1.165) is 31.0 Å². The highest BCUT2D eigenvalue weighted by molar-refractivity contribution is 7.91. The highest BCUT2D eigenvalue weighted by Crippen LogP contribution is 2.32. The molecule has 2 heterocycles. The van der Waals surface area contributed by atoms with E-state index >= 15 is 0 Å². The third kappa shape index (κ3) is 4.27. The minimum Gasteiger partial charge on any atom is -0.492 e. The molecule has 0 N–H and O–H groups in total. The number of hydrogen-bond acceptors (Lipinski definition) is 6. The average molecular weight is 453 g/mol. The molecule has 3 aromatic rings. The Kier molecular flexibility index (Phi) is 5.24. The first-order chi connectivity index (χ1) is 14.6. The van der Waals surface area contributed by atoms with Gasteiger partial charge in [0.25, 0.3) is 5.56 Å². The van der Waals surface area contributed by atoms with Crippen molar-refractivity contribution in [3.05, 3.63) is 52.6 Å². The fraction of sp³-hybridized carbons (Fsp3) is 0.350. The number of benzene rings is 1. The molecule has 1 aliphatic rings. The monoisotopic (exact) mass is 453 g/mol. The number of pyridine rings is 1. The van der Waals surface area contributed by atoms with Gasteiger partial charge in [-0.2, -0.15) is 23.0 Å². The van der Waals surface area contributed by atoms with Crippen molar-refractivity contribution in [3.8, 4) is 11.6 Å². The van der Waals surface area contributed by atoms with Crippen molar-refractivity contribution >= 4 is 20.6 Å². The number of ether oxygens (including phenoxy) is 1. The summed E-state index contributed by atoms with van der Waals surface area (Å²) in [5.41, 5.74) is -1.90. The molecule has 0 atom stereocenters. The lowest BCUT2D eigenvalue weighted by Crippen LogP contribution is -2.25. The van der Waals surface area contributed by atoms with Crippen LogP contribution in [0.5, 0.6) is 5.75 Å². The molecule has 1 saturated carbocycles. The Hall–Kier alpha value is -2.95. The van der Waals surface area contributed by atoms with Crippen LogP contribution in [0.1, 0.15) is 25.3 Å². The van der Waals surface area contributed by atoms with Crippen LogP contribution >= 0.6 is 0 Å². The SMILES string of the molecule is CCS(=O)(=O)c1cc(OCC2CC2)cnc1-n1ncc2ccc(C(F)(F)F)cc2c1=O. The van der Waals surface area contributed by atoms with Gasteiger partial charge in [0.2, 0.25) is 0 Å². The van der Waals surface area contributed by atoms with Crippen LogP contribution in [0.2, 0.25) is 0 Å². The maximum absolute atomic E-state index is 13.1. The number of hydrogen-bond donors (Lipinski definition) is 0. The standard InChI is InChI=1S/C20H18F3N3O4S/c1-2-31(28,29)17-8-15(30-11-12-3-4-12)10-24-18(17)26-19(27)16-7-14(20(21,22)23)6-5-13(16)9-25-26/h5-10,12H,2-4,11H2,1H3. The van der Waals surface area contributed by atoms with Crippen LogP contribution < -0.4 is 10.3 Å². The summed E-state index contributed by atoms with van der Waals surface area (Å²) in [7, 11) is -3.85. The maximum Gasteiger partial charge on any atom is 0.416 e. The van der Waals surface area contributed by atoms with Gasteiger partial charge in [-0.05, 0) is 30.9 Å². The van der Waals surface area contributed by atoms with E-state index in [2.05, 4.69) is 10.1 Å². The van der Waals surface area contributed by atoms with Crippen molar-refractivity contribution in [1.82, 2.24) is 14.8 Å². The van der Waals surface area contributed by atoms with E-state index in [4.69, 9.17) is 4.74 Å². The van der Waals surface area contributed by atoms with Crippen LogP contribution in [0.4, 0.5) is 13.2 Å². The maximum atomic E-state index is 13.1. The highest BCUT2D eigenvalue weighted by Gasteiger charge is 2.31.